The van der Waals surface area contributed by atoms with Crippen LogP contribution >= 0.6 is 11.8 Å². The highest BCUT2D eigenvalue weighted by atomic mass is 32.2. The Hall–Kier alpha value is -8.81. The van der Waals surface area contributed by atoms with Gasteiger partial charge in [-0.2, -0.15) is 11.8 Å². The third kappa shape index (κ3) is 29.2. The first-order valence-corrected chi connectivity index (χ1v) is 37.7. The predicted octanol–water partition coefficient (Wildman–Crippen LogP) is -9.21. The van der Waals surface area contributed by atoms with Gasteiger partial charge in [0, 0.05) is 45.4 Å². The van der Waals surface area contributed by atoms with Crippen LogP contribution in [0.5, 0.6) is 11.5 Å². The van der Waals surface area contributed by atoms with Gasteiger partial charge in [-0.25, -0.2) is 9.59 Å². The molecular formula is C70H109N13O30S. The number of nitrogens with two attached hydrogens (primary N) is 3. The van der Waals surface area contributed by atoms with Crippen LogP contribution < -0.4 is 65.1 Å². The Morgan fingerprint density at radius 3 is 1.67 bits per heavy atom. The molecule has 0 spiro atoms. The second-order valence-corrected chi connectivity index (χ2v) is 29.5. The molecule has 3 saturated heterocycles. The van der Waals surface area contributed by atoms with Crippen LogP contribution in [-0.4, -0.2) is 329 Å². The molecule has 43 nitrogen and oxygen atoms in total. The van der Waals surface area contributed by atoms with Crippen LogP contribution in [0.25, 0.3) is 0 Å². The summed E-state index contributed by atoms with van der Waals surface area (Å²) < 4.78 is 35.2. The number of benzene rings is 2. The van der Waals surface area contributed by atoms with Crippen LogP contribution in [0.3, 0.4) is 0 Å². The third-order valence-corrected chi connectivity index (χ3v) is 19.3. The quantitative estimate of drug-likeness (QED) is 0.0166. The van der Waals surface area contributed by atoms with E-state index in [0.29, 0.717) is 17.5 Å². The van der Waals surface area contributed by atoms with Gasteiger partial charge in [-0.15, -0.1) is 0 Å². The number of nitrogens with one attached hydrogen (secondary N) is 9. The highest BCUT2D eigenvalue weighted by molar-refractivity contribution is 7.99. The summed E-state index contributed by atoms with van der Waals surface area (Å²) in [7, 11) is 0. The van der Waals surface area contributed by atoms with Gasteiger partial charge in [-0.05, 0) is 78.7 Å². The average molecular weight is 1640 g/mol. The molecule has 2 aromatic rings. The lowest BCUT2D eigenvalue weighted by Crippen LogP contribution is -2.71. The lowest BCUT2D eigenvalue weighted by Gasteiger charge is -2.51. The smallest absolute Gasteiger partial charge is 0.364 e. The van der Waals surface area contributed by atoms with Gasteiger partial charge >= 0.3 is 11.9 Å². The maximum absolute atomic E-state index is 14.9. The van der Waals surface area contributed by atoms with E-state index < -0.39 is 244 Å². The van der Waals surface area contributed by atoms with Gasteiger partial charge in [0.1, 0.15) is 109 Å². The van der Waals surface area contributed by atoms with Crippen LogP contribution in [0.4, 0.5) is 0 Å². The lowest BCUT2D eigenvalue weighted by atomic mass is 9.88. The average Bonchev–Trinajstić information content (AvgIpc) is 0.752. The number of aliphatic hydroxyl groups is 9. The van der Waals surface area contributed by atoms with Crippen molar-refractivity contribution in [2.45, 2.75) is 220 Å². The number of aliphatic imine (C=N–C) groups is 1. The third-order valence-electron chi connectivity index (χ3n) is 18.3. The van der Waals surface area contributed by atoms with Crippen LogP contribution in [0.15, 0.2) is 53.5 Å². The lowest BCUT2D eigenvalue weighted by molar-refractivity contribution is -0.381. The molecule has 3 aliphatic heterocycles. The van der Waals surface area contributed by atoms with Gasteiger partial charge in [-0.3, -0.25) is 48.1 Å². The largest absolute Gasteiger partial charge is 0.508 e. The number of carboxylic acid groups (broad SMARTS) is 2. The SMILES string of the molecule is CC(=O)N[C@H]1[C@@H](OCCSCC[C@H](NC(=O)[C@H](Cc2ccc(O)cc2)NC(=O)[C@@H](NC(=O)[C@H](Cc2ccc(O)cc2)NC(=O)CNC(=O)[C@@H](N)CCCN=C(N)N)C(C)C)C(=O)NCC(=O)N[C@@H](CC(C)C)C(=O)O)O[C@H](CO)[C@H](O)[C@@H]1O[C@@H]1O[C@H](CO)[C@H](O)[C@H](O[C@]2(C(=O)O)C[C@H](O)[C@@H](NC(C)=O)[C@H]([C@H](O)[C@H](O)CO)O2)[C@H]1O. The van der Waals surface area contributed by atoms with E-state index in [2.05, 4.69) is 52.8 Å². The highest BCUT2D eigenvalue weighted by Crippen LogP contribution is 2.39. The Balaban J connectivity index is 1.38. The summed E-state index contributed by atoms with van der Waals surface area (Å²) in [5.74, 6) is -16.1. The van der Waals surface area contributed by atoms with Crippen molar-refractivity contribution in [1.29, 1.82) is 0 Å². The Kier molecular flexibility index (Phi) is 38.7. The van der Waals surface area contributed by atoms with E-state index in [1.165, 1.54) is 48.5 Å². The summed E-state index contributed by atoms with van der Waals surface area (Å²) in [6, 6.07) is -0.775. The Morgan fingerprint density at radius 1 is 0.632 bits per heavy atom. The van der Waals surface area contributed by atoms with Gasteiger partial charge in [0.25, 0.3) is 5.79 Å². The van der Waals surface area contributed by atoms with E-state index in [4.69, 9.17) is 45.6 Å². The summed E-state index contributed by atoms with van der Waals surface area (Å²) >= 11 is 1.07. The van der Waals surface area contributed by atoms with Gasteiger partial charge in [0.05, 0.1) is 57.7 Å². The number of carbonyl (C=O) groups is 11. The van der Waals surface area contributed by atoms with E-state index in [1.54, 1.807) is 27.7 Å². The maximum atomic E-state index is 14.9. The number of nitrogens with zero attached hydrogens (tertiary/aromatic N) is 1. The zero-order valence-electron chi connectivity index (χ0n) is 63.6. The molecule has 0 aliphatic carbocycles. The molecule has 44 heteroatoms. The zero-order valence-corrected chi connectivity index (χ0v) is 64.4. The Labute approximate surface area is 658 Å². The summed E-state index contributed by atoms with van der Waals surface area (Å²) in [6.45, 7) is 3.76. The van der Waals surface area contributed by atoms with Crippen molar-refractivity contribution in [3.05, 3.63) is 59.7 Å². The number of thioether (sulfide) groups is 1. The van der Waals surface area contributed by atoms with E-state index in [9.17, 15) is 119 Å². The van der Waals surface area contributed by atoms with Crippen LogP contribution in [0.1, 0.15) is 84.8 Å². The summed E-state index contributed by atoms with van der Waals surface area (Å²) in [5, 5.41) is 161. The van der Waals surface area contributed by atoms with E-state index in [1.807, 2.05) is 0 Å². The van der Waals surface area contributed by atoms with Crippen molar-refractivity contribution in [3.63, 3.8) is 0 Å². The molecule has 0 aromatic heterocycles. The molecule has 2 aromatic carbocycles. The van der Waals surface area contributed by atoms with Gasteiger partial charge in [-0.1, -0.05) is 52.0 Å². The number of hydrogen-bond donors (Lipinski definition) is 25. The fourth-order valence-corrected chi connectivity index (χ4v) is 13.2. The molecule has 640 valence electrons. The number of hydrogen-bond acceptors (Lipinski definition) is 31. The number of amides is 9. The monoisotopic (exact) mass is 1640 g/mol. The number of carbonyl (C=O) groups excluding carboxylic acids is 9. The molecule has 0 saturated carbocycles. The molecule has 0 unspecified atom stereocenters. The molecule has 0 bridgehead atoms. The summed E-state index contributed by atoms with van der Waals surface area (Å²) in [4.78, 5) is 152. The number of guanidine groups is 1. The molecule has 5 rings (SSSR count). The second-order valence-electron chi connectivity index (χ2n) is 28.3. The van der Waals surface area contributed by atoms with Crippen molar-refractivity contribution < 1.29 is 148 Å². The molecule has 3 aliphatic rings. The molecular weight excluding hydrogens is 1530 g/mol. The fourth-order valence-electron chi connectivity index (χ4n) is 12.4. The molecule has 22 atom stereocenters. The summed E-state index contributed by atoms with van der Waals surface area (Å²) in [5.41, 5.74) is 17.5. The molecule has 3 heterocycles. The topological polar surface area (TPSA) is 705 Å². The molecule has 9 amide bonds. The van der Waals surface area contributed by atoms with E-state index in [-0.39, 0.29) is 80.1 Å². The Bertz CT molecular complexity index is 3540. The second kappa shape index (κ2) is 46.1. The highest BCUT2D eigenvalue weighted by Gasteiger charge is 2.60. The van der Waals surface area contributed by atoms with Crippen molar-refractivity contribution in [1.82, 2.24) is 47.9 Å². The minimum atomic E-state index is -3.20. The molecule has 3 fully saturated rings. The summed E-state index contributed by atoms with van der Waals surface area (Å²) in [6.07, 6.45) is -27.9. The van der Waals surface area contributed by atoms with Crippen LogP contribution in [0.2, 0.25) is 0 Å². The van der Waals surface area contributed by atoms with Gasteiger partial charge < -0.3 is 160 Å². The van der Waals surface area contributed by atoms with Crippen molar-refractivity contribution in [2.24, 2.45) is 34.0 Å². The fraction of sp³-hybridized carbons (Fsp3) is 0.657. The van der Waals surface area contributed by atoms with Crippen LogP contribution in [0, 0.1) is 11.8 Å². The minimum Gasteiger partial charge on any atom is -0.508 e. The first-order valence-electron chi connectivity index (χ1n) is 36.6. The first-order chi connectivity index (χ1) is 53.7. The number of aromatic hydroxyl groups is 2. The number of phenols is 2. The molecule has 0 radical (unpaired) electrons. The number of rotatable bonds is 45. The normalized spacial score (nSPS) is 25.6. The first kappa shape index (κ1) is 95.8. The number of aliphatic carboxylic acids is 2. The zero-order chi connectivity index (χ0) is 85.0. The number of carboxylic acids is 2. The van der Waals surface area contributed by atoms with Crippen molar-refractivity contribution in [2.75, 3.05) is 57.6 Å². The minimum absolute atomic E-state index is 0.0149. The molecule has 28 N–H and O–H groups in total. The maximum Gasteiger partial charge on any atom is 0.364 e. The van der Waals surface area contributed by atoms with Crippen molar-refractivity contribution >= 4 is 82.8 Å². The predicted molar refractivity (Wildman–Crippen MR) is 396 cm³/mol. The van der Waals surface area contributed by atoms with Gasteiger partial charge in [0.15, 0.2) is 18.5 Å². The van der Waals surface area contributed by atoms with Crippen LogP contribution in [-0.2, 0) is 94.0 Å². The standard InChI is InChI=1S/C70H109N13O30S/c1-31(2)22-43(65(104)105)80-49(94)27-76-61(100)40(81-62(101)42(24-36-11-15-38(90)16-12-36)82-64(103)50(32(3)4)83-63(102)41(23-35-9-13-37(89)14-10-35)79-48(93)26-75-60(99)39(71)8-7-18-74-69(72)73)17-20-114-21-19-108-66-52(78-34(6)88)57(54(96)46(29-85)109-66)111-67-56(98)59(55(97)47(30-86)110-67)113-70(68(106)107)25-44(91)51(77-33(5)87)58(112-70)53(95)45(92)28-84/h9-16,31-32,39-47,50-59,66-67,84-86,89-92,95-98H,7-8,17-30,71H2,1-6H3,(H,75,99)(H,76,100)(H,77,87)(H,78,88)(H,79,93)(H,80,94)(H,81,101)(H,82,103)(H,83,102)(H,104,105)(H,106,107)(H4,72,73,74)/t39-,40-,41-,42-,43-,44-,45+,46+,47+,50-,51+,52+,53+,54-,55-,56+,57+,58+,59-,66-,67-,70-/m0/s1. The van der Waals surface area contributed by atoms with Crippen molar-refractivity contribution in [3.8, 4) is 11.5 Å². The Morgan fingerprint density at radius 2 is 1.15 bits per heavy atom. The number of aliphatic hydroxyl groups excluding tert-OH is 9. The number of phenolic OH excluding ortho intramolecular Hbond substituents is 2. The van der Waals surface area contributed by atoms with Gasteiger partial charge in [0.2, 0.25) is 53.2 Å². The molecule has 114 heavy (non-hydrogen) atoms. The van der Waals surface area contributed by atoms with E-state index >= 15 is 0 Å². The van der Waals surface area contributed by atoms with E-state index in [0.717, 1.165) is 25.6 Å². The number of ether oxygens (including phenoxy) is 6.